The first-order valence-corrected chi connectivity index (χ1v) is 9.77. The van der Waals surface area contributed by atoms with Crippen LogP contribution in [0.15, 0.2) is 30.3 Å². The van der Waals surface area contributed by atoms with Crippen LogP contribution in [-0.4, -0.2) is 35.1 Å². The molecule has 0 aliphatic carbocycles. The Balaban J connectivity index is 1.77. The molecule has 1 fully saturated rings. The SMILES string of the molecule is CCOC(=O)c1ccc(Nc2nc(C)cc(N3CCCCC3CC)n2)cc1. The van der Waals surface area contributed by atoms with E-state index in [0.29, 0.717) is 24.2 Å². The Morgan fingerprint density at radius 1 is 1.22 bits per heavy atom. The number of aromatic nitrogens is 2. The van der Waals surface area contributed by atoms with Crippen molar-refractivity contribution in [3.63, 3.8) is 0 Å². The smallest absolute Gasteiger partial charge is 0.338 e. The van der Waals surface area contributed by atoms with Crippen LogP contribution in [0.25, 0.3) is 0 Å². The monoisotopic (exact) mass is 368 g/mol. The fourth-order valence-corrected chi connectivity index (χ4v) is 3.51. The lowest BCUT2D eigenvalue weighted by atomic mass is 10.00. The number of benzene rings is 1. The van der Waals surface area contributed by atoms with Gasteiger partial charge in [0.05, 0.1) is 12.2 Å². The van der Waals surface area contributed by atoms with Gasteiger partial charge in [-0.25, -0.2) is 9.78 Å². The van der Waals surface area contributed by atoms with Crippen molar-refractivity contribution < 1.29 is 9.53 Å². The lowest BCUT2D eigenvalue weighted by Crippen LogP contribution is -2.39. The molecule has 0 spiro atoms. The van der Waals surface area contributed by atoms with Gasteiger partial charge in [-0.05, 0) is 63.8 Å². The molecular formula is C21H28N4O2. The molecule has 2 aromatic rings. The first-order chi connectivity index (χ1) is 13.1. The number of aryl methyl sites for hydroxylation is 1. The molecule has 0 saturated carbocycles. The minimum absolute atomic E-state index is 0.311. The van der Waals surface area contributed by atoms with Gasteiger partial charge in [-0.15, -0.1) is 0 Å². The molecule has 3 rings (SSSR count). The molecule has 1 aliphatic rings. The van der Waals surface area contributed by atoms with E-state index in [1.807, 2.05) is 19.1 Å². The molecule has 1 aromatic heterocycles. The van der Waals surface area contributed by atoms with Crippen LogP contribution in [0.5, 0.6) is 0 Å². The normalized spacial score (nSPS) is 16.9. The summed E-state index contributed by atoms with van der Waals surface area (Å²) in [6.45, 7) is 7.44. The van der Waals surface area contributed by atoms with Crippen molar-refractivity contribution in [2.24, 2.45) is 0 Å². The number of ether oxygens (including phenoxy) is 1. The summed E-state index contributed by atoms with van der Waals surface area (Å²) in [5, 5.41) is 3.25. The highest BCUT2D eigenvalue weighted by atomic mass is 16.5. The van der Waals surface area contributed by atoms with E-state index in [4.69, 9.17) is 9.72 Å². The Labute approximate surface area is 161 Å². The van der Waals surface area contributed by atoms with Gasteiger partial charge in [0.1, 0.15) is 5.82 Å². The number of hydrogen-bond donors (Lipinski definition) is 1. The number of carbonyl (C=O) groups is 1. The van der Waals surface area contributed by atoms with Crippen LogP contribution in [0, 0.1) is 6.92 Å². The lowest BCUT2D eigenvalue weighted by molar-refractivity contribution is 0.0526. The van der Waals surface area contributed by atoms with Gasteiger partial charge in [0.15, 0.2) is 0 Å². The maximum absolute atomic E-state index is 11.8. The van der Waals surface area contributed by atoms with Crippen molar-refractivity contribution in [1.82, 2.24) is 9.97 Å². The van der Waals surface area contributed by atoms with Gasteiger partial charge in [-0.1, -0.05) is 6.92 Å². The van der Waals surface area contributed by atoms with E-state index >= 15 is 0 Å². The summed E-state index contributed by atoms with van der Waals surface area (Å²) < 4.78 is 5.02. The maximum atomic E-state index is 11.8. The van der Waals surface area contributed by atoms with E-state index in [2.05, 4.69) is 28.2 Å². The van der Waals surface area contributed by atoms with Crippen molar-refractivity contribution in [2.45, 2.75) is 52.5 Å². The second-order valence-corrected chi connectivity index (χ2v) is 6.87. The third kappa shape index (κ3) is 4.76. The minimum atomic E-state index is -0.311. The van der Waals surface area contributed by atoms with E-state index in [9.17, 15) is 4.79 Å². The number of rotatable bonds is 6. The molecule has 0 amide bonds. The van der Waals surface area contributed by atoms with Gasteiger partial charge in [-0.3, -0.25) is 0 Å². The predicted octanol–water partition coefficient (Wildman–Crippen LogP) is 4.47. The first kappa shape index (κ1) is 19.1. The predicted molar refractivity (Wildman–Crippen MR) is 108 cm³/mol. The van der Waals surface area contributed by atoms with Crippen LogP contribution in [0.2, 0.25) is 0 Å². The third-order valence-corrected chi connectivity index (χ3v) is 4.89. The van der Waals surface area contributed by atoms with E-state index in [1.165, 1.54) is 19.3 Å². The Hall–Kier alpha value is -2.63. The molecular weight excluding hydrogens is 340 g/mol. The molecule has 1 aliphatic heterocycles. The molecule has 1 atom stereocenters. The van der Waals surface area contributed by atoms with Crippen LogP contribution in [-0.2, 0) is 4.74 Å². The molecule has 2 heterocycles. The van der Waals surface area contributed by atoms with Gasteiger partial charge in [0.2, 0.25) is 5.95 Å². The summed E-state index contributed by atoms with van der Waals surface area (Å²) in [7, 11) is 0. The Bertz CT molecular complexity index is 776. The Morgan fingerprint density at radius 2 is 2.00 bits per heavy atom. The number of carbonyl (C=O) groups excluding carboxylic acids is 1. The van der Waals surface area contributed by atoms with Gasteiger partial charge < -0.3 is 15.0 Å². The van der Waals surface area contributed by atoms with Gasteiger partial charge in [-0.2, -0.15) is 4.98 Å². The quantitative estimate of drug-likeness (QED) is 0.759. The molecule has 1 aromatic carbocycles. The van der Waals surface area contributed by atoms with Gasteiger partial charge in [0.25, 0.3) is 0 Å². The summed E-state index contributed by atoms with van der Waals surface area (Å²) in [5.74, 6) is 1.25. The summed E-state index contributed by atoms with van der Waals surface area (Å²) in [4.78, 5) is 23.4. The van der Waals surface area contributed by atoms with Gasteiger partial charge >= 0.3 is 5.97 Å². The second-order valence-electron chi connectivity index (χ2n) is 6.87. The number of piperidine rings is 1. The number of nitrogens with one attached hydrogen (secondary N) is 1. The van der Waals surface area contributed by atoms with Crippen LogP contribution in [0.4, 0.5) is 17.5 Å². The van der Waals surface area contributed by atoms with Crippen molar-refractivity contribution in [2.75, 3.05) is 23.4 Å². The fourth-order valence-electron chi connectivity index (χ4n) is 3.51. The highest BCUT2D eigenvalue weighted by Crippen LogP contribution is 2.27. The van der Waals surface area contributed by atoms with E-state index in [-0.39, 0.29) is 5.97 Å². The number of anilines is 3. The minimum Gasteiger partial charge on any atom is -0.462 e. The first-order valence-electron chi connectivity index (χ1n) is 9.77. The van der Waals surface area contributed by atoms with E-state index in [0.717, 1.165) is 30.2 Å². The van der Waals surface area contributed by atoms with Gasteiger partial charge in [0, 0.05) is 30.0 Å². The molecule has 0 bridgehead atoms. The summed E-state index contributed by atoms with van der Waals surface area (Å²) in [6.07, 6.45) is 4.84. The van der Waals surface area contributed by atoms with E-state index < -0.39 is 0 Å². The summed E-state index contributed by atoms with van der Waals surface area (Å²) >= 11 is 0. The zero-order valence-corrected chi connectivity index (χ0v) is 16.4. The van der Waals surface area contributed by atoms with Crippen molar-refractivity contribution in [1.29, 1.82) is 0 Å². The molecule has 6 nitrogen and oxygen atoms in total. The number of nitrogens with zero attached hydrogens (tertiary/aromatic N) is 3. The maximum Gasteiger partial charge on any atom is 0.338 e. The summed E-state index contributed by atoms with van der Waals surface area (Å²) in [5.41, 5.74) is 2.31. The van der Waals surface area contributed by atoms with Crippen LogP contribution >= 0.6 is 0 Å². The standard InChI is InChI=1S/C21H28N4O2/c1-4-18-8-6-7-13-25(18)19-14-15(3)22-21(24-19)23-17-11-9-16(10-12-17)20(26)27-5-2/h9-12,14,18H,4-8,13H2,1-3H3,(H,22,23,24). The molecule has 6 heteroatoms. The van der Waals surface area contributed by atoms with Crippen molar-refractivity contribution >= 4 is 23.4 Å². The zero-order chi connectivity index (χ0) is 19.2. The van der Waals surface area contributed by atoms with Crippen LogP contribution in [0.3, 0.4) is 0 Å². The van der Waals surface area contributed by atoms with E-state index in [1.54, 1.807) is 19.1 Å². The highest BCUT2D eigenvalue weighted by molar-refractivity contribution is 5.89. The zero-order valence-electron chi connectivity index (χ0n) is 16.4. The number of esters is 1. The van der Waals surface area contributed by atoms with Crippen LogP contribution < -0.4 is 10.2 Å². The Morgan fingerprint density at radius 3 is 2.70 bits per heavy atom. The largest absolute Gasteiger partial charge is 0.462 e. The second kappa shape index (κ2) is 8.84. The molecule has 1 saturated heterocycles. The lowest BCUT2D eigenvalue weighted by Gasteiger charge is -2.36. The molecule has 1 N–H and O–H groups in total. The molecule has 27 heavy (non-hydrogen) atoms. The van der Waals surface area contributed by atoms with Crippen molar-refractivity contribution in [3.8, 4) is 0 Å². The fraction of sp³-hybridized carbons (Fsp3) is 0.476. The molecule has 144 valence electrons. The Kier molecular flexibility index (Phi) is 6.27. The van der Waals surface area contributed by atoms with Crippen LogP contribution in [0.1, 0.15) is 55.6 Å². The summed E-state index contributed by atoms with van der Waals surface area (Å²) in [6, 6.07) is 9.78. The average molecular weight is 368 g/mol. The topological polar surface area (TPSA) is 67.3 Å². The average Bonchev–Trinajstić information content (AvgIpc) is 2.68. The van der Waals surface area contributed by atoms with Crippen molar-refractivity contribution in [3.05, 3.63) is 41.6 Å². The highest BCUT2D eigenvalue weighted by Gasteiger charge is 2.22. The molecule has 0 radical (unpaired) electrons. The number of hydrogen-bond acceptors (Lipinski definition) is 6. The molecule has 1 unspecified atom stereocenters. The third-order valence-electron chi connectivity index (χ3n) is 4.89.